The van der Waals surface area contributed by atoms with Gasteiger partial charge < -0.3 is 31.9 Å². The van der Waals surface area contributed by atoms with Crippen molar-refractivity contribution < 1.29 is 34.2 Å². The lowest BCUT2D eigenvalue weighted by molar-refractivity contribution is -0.143. The minimum atomic E-state index is -1.17. The lowest BCUT2D eigenvalue weighted by atomic mass is 9.98. The van der Waals surface area contributed by atoms with E-state index in [4.69, 9.17) is 10.8 Å². The van der Waals surface area contributed by atoms with E-state index in [1.165, 1.54) is 0 Å². The van der Waals surface area contributed by atoms with Gasteiger partial charge in [-0.2, -0.15) is 0 Å². The second kappa shape index (κ2) is 14.5. The largest absolute Gasteiger partial charge is 0.481 e. The molecule has 0 unspecified atom stereocenters. The van der Waals surface area contributed by atoms with Crippen LogP contribution in [-0.2, 0) is 24.0 Å². The first-order chi connectivity index (χ1) is 15.1. The summed E-state index contributed by atoms with van der Waals surface area (Å²) < 4.78 is 0. The molecule has 0 fully saturated rings. The van der Waals surface area contributed by atoms with Gasteiger partial charge in [0.25, 0.3) is 0 Å². The van der Waals surface area contributed by atoms with Crippen molar-refractivity contribution in [2.45, 2.75) is 91.4 Å². The molecule has 3 amide bonds. The first kappa shape index (κ1) is 30.3. The van der Waals surface area contributed by atoms with E-state index in [0.717, 1.165) is 0 Å². The van der Waals surface area contributed by atoms with Gasteiger partial charge in [-0.15, -0.1) is 0 Å². The molecular weight excluding hydrogens is 432 g/mol. The van der Waals surface area contributed by atoms with Gasteiger partial charge in [-0.3, -0.25) is 19.2 Å². The van der Waals surface area contributed by atoms with Gasteiger partial charge in [-0.25, -0.2) is 4.79 Å². The average molecular weight is 473 g/mol. The third-order valence-electron chi connectivity index (χ3n) is 4.92. The summed E-state index contributed by atoms with van der Waals surface area (Å²) in [5.74, 6) is -4.45. The standard InChI is InChI=1S/C22H40N4O7/c1-11(2)9-15(24-19(29)14(23)7-8-17(27)28)20(30)25-16(10-12(3)4)21(31)26-18(13(5)6)22(32)33/h11-16,18H,7-10,23H2,1-6H3,(H,24,29)(H,25,30)(H,26,31)(H,27,28)(H,32,33)/t14-,15-,16+,18-/m0/s1. The Labute approximate surface area is 195 Å². The molecule has 0 radical (unpaired) electrons. The fraction of sp³-hybridized carbons (Fsp3) is 0.773. The number of hydrogen-bond acceptors (Lipinski definition) is 6. The number of carbonyl (C=O) groups is 5. The van der Waals surface area contributed by atoms with Crippen LogP contribution in [0.1, 0.15) is 67.2 Å². The molecule has 0 heterocycles. The minimum absolute atomic E-state index is 0.0194. The van der Waals surface area contributed by atoms with Crippen LogP contribution in [0.15, 0.2) is 0 Å². The Hall–Kier alpha value is -2.69. The number of carbonyl (C=O) groups excluding carboxylic acids is 3. The van der Waals surface area contributed by atoms with E-state index >= 15 is 0 Å². The molecule has 7 N–H and O–H groups in total. The monoisotopic (exact) mass is 472 g/mol. The molecule has 0 aliphatic heterocycles. The smallest absolute Gasteiger partial charge is 0.326 e. The normalized spacial score (nSPS) is 15.0. The highest BCUT2D eigenvalue weighted by atomic mass is 16.4. The first-order valence-corrected chi connectivity index (χ1v) is 11.3. The van der Waals surface area contributed by atoms with E-state index < -0.39 is 53.8 Å². The van der Waals surface area contributed by atoms with Crippen molar-refractivity contribution in [3.63, 3.8) is 0 Å². The molecule has 190 valence electrons. The number of hydrogen-bond donors (Lipinski definition) is 6. The Morgan fingerprint density at radius 3 is 1.52 bits per heavy atom. The quantitative estimate of drug-likeness (QED) is 0.198. The maximum Gasteiger partial charge on any atom is 0.326 e. The van der Waals surface area contributed by atoms with Crippen LogP contribution < -0.4 is 21.7 Å². The van der Waals surface area contributed by atoms with Crippen LogP contribution in [0.25, 0.3) is 0 Å². The number of carboxylic acid groups (broad SMARTS) is 2. The third kappa shape index (κ3) is 12.2. The molecule has 33 heavy (non-hydrogen) atoms. The van der Waals surface area contributed by atoms with E-state index in [9.17, 15) is 29.1 Å². The van der Waals surface area contributed by atoms with Crippen molar-refractivity contribution in [2.24, 2.45) is 23.5 Å². The van der Waals surface area contributed by atoms with Gasteiger partial charge in [0.1, 0.15) is 18.1 Å². The molecule has 0 aliphatic carbocycles. The van der Waals surface area contributed by atoms with Gasteiger partial charge in [0.15, 0.2) is 0 Å². The van der Waals surface area contributed by atoms with Crippen LogP contribution in [0.4, 0.5) is 0 Å². The zero-order chi connectivity index (χ0) is 25.9. The molecule has 0 aliphatic rings. The molecule has 0 rings (SSSR count). The molecule has 0 aromatic carbocycles. The number of nitrogens with two attached hydrogens (primary N) is 1. The van der Waals surface area contributed by atoms with Crippen molar-refractivity contribution in [3.05, 3.63) is 0 Å². The highest BCUT2D eigenvalue weighted by Gasteiger charge is 2.32. The molecule has 0 aromatic heterocycles. The van der Waals surface area contributed by atoms with Crippen molar-refractivity contribution in [1.29, 1.82) is 0 Å². The Bertz CT molecular complexity index is 694. The molecule has 0 saturated heterocycles. The van der Waals surface area contributed by atoms with Gasteiger partial charge in [0.05, 0.1) is 6.04 Å². The summed E-state index contributed by atoms with van der Waals surface area (Å²) in [6, 6.07) is -4.19. The van der Waals surface area contributed by atoms with Gasteiger partial charge in [0.2, 0.25) is 17.7 Å². The Morgan fingerprint density at radius 2 is 1.15 bits per heavy atom. The van der Waals surface area contributed by atoms with E-state index in [1.54, 1.807) is 13.8 Å². The summed E-state index contributed by atoms with van der Waals surface area (Å²) in [6.45, 7) is 10.8. The Balaban J connectivity index is 5.47. The summed E-state index contributed by atoms with van der Waals surface area (Å²) in [7, 11) is 0. The minimum Gasteiger partial charge on any atom is -0.481 e. The summed E-state index contributed by atoms with van der Waals surface area (Å²) in [4.78, 5) is 60.4. The molecule has 11 heteroatoms. The summed E-state index contributed by atoms with van der Waals surface area (Å²) in [5, 5.41) is 25.8. The fourth-order valence-electron chi connectivity index (χ4n) is 3.13. The molecule has 0 aromatic rings. The third-order valence-corrected chi connectivity index (χ3v) is 4.92. The number of aliphatic carboxylic acids is 2. The Morgan fingerprint density at radius 1 is 0.727 bits per heavy atom. The van der Waals surface area contributed by atoms with Gasteiger partial charge in [-0.05, 0) is 37.0 Å². The highest BCUT2D eigenvalue weighted by Crippen LogP contribution is 2.11. The van der Waals surface area contributed by atoms with Crippen LogP contribution in [0.5, 0.6) is 0 Å². The van der Waals surface area contributed by atoms with Crippen molar-refractivity contribution in [3.8, 4) is 0 Å². The predicted octanol–water partition coefficient (Wildman–Crippen LogP) is 0.466. The Kier molecular flexibility index (Phi) is 13.3. The molecule has 11 nitrogen and oxygen atoms in total. The maximum absolute atomic E-state index is 13.0. The van der Waals surface area contributed by atoms with E-state index in [0.29, 0.717) is 0 Å². The van der Waals surface area contributed by atoms with Crippen molar-refractivity contribution in [1.82, 2.24) is 16.0 Å². The number of rotatable bonds is 15. The molecular formula is C22H40N4O7. The lowest BCUT2D eigenvalue weighted by Crippen LogP contribution is -2.58. The second-order valence-electron chi connectivity index (χ2n) is 9.49. The predicted molar refractivity (Wildman–Crippen MR) is 122 cm³/mol. The summed E-state index contributed by atoms with van der Waals surface area (Å²) in [6.07, 6.45) is 0.166. The van der Waals surface area contributed by atoms with Crippen LogP contribution in [-0.4, -0.2) is 64.0 Å². The van der Waals surface area contributed by atoms with E-state index in [2.05, 4.69) is 16.0 Å². The van der Waals surface area contributed by atoms with Gasteiger partial charge in [-0.1, -0.05) is 41.5 Å². The number of amides is 3. The topological polar surface area (TPSA) is 188 Å². The SMILES string of the molecule is CC(C)C[C@H](NC(=O)[C@@H](N)CCC(=O)O)C(=O)N[C@H](CC(C)C)C(=O)N[C@H](C(=O)O)C(C)C. The zero-order valence-electron chi connectivity index (χ0n) is 20.4. The van der Waals surface area contributed by atoms with Crippen LogP contribution >= 0.6 is 0 Å². The van der Waals surface area contributed by atoms with Crippen LogP contribution in [0.2, 0.25) is 0 Å². The summed E-state index contributed by atoms with van der Waals surface area (Å²) in [5.41, 5.74) is 5.74. The maximum atomic E-state index is 13.0. The zero-order valence-corrected chi connectivity index (χ0v) is 20.4. The van der Waals surface area contributed by atoms with Crippen LogP contribution in [0, 0.1) is 17.8 Å². The van der Waals surface area contributed by atoms with Gasteiger partial charge >= 0.3 is 11.9 Å². The first-order valence-electron chi connectivity index (χ1n) is 11.3. The summed E-state index contributed by atoms with van der Waals surface area (Å²) >= 11 is 0. The van der Waals surface area contributed by atoms with Crippen LogP contribution in [0.3, 0.4) is 0 Å². The fourth-order valence-corrected chi connectivity index (χ4v) is 3.13. The average Bonchev–Trinajstić information content (AvgIpc) is 2.67. The molecule has 0 spiro atoms. The van der Waals surface area contributed by atoms with Crippen molar-refractivity contribution >= 4 is 29.7 Å². The lowest BCUT2D eigenvalue weighted by Gasteiger charge is -2.27. The molecule has 0 saturated carbocycles. The number of nitrogens with one attached hydrogen (secondary N) is 3. The highest BCUT2D eigenvalue weighted by molar-refractivity contribution is 5.94. The number of carboxylic acids is 2. The van der Waals surface area contributed by atoms with E-state index in [-0.39, 0.29) is 43.4 Å². The van der Waals surface area contributed by atoms with E-state index in [1.807, 2.05) is 27.7 Å². The molecule has 4 atom stereocenters. The molecule has 0 bridgehead atoms. The second-order valence-corrected chi connectivity index (χ2v) is 9.49. The van der Waals surface area contributed by atoms with Gasteiger partial charge in [0, 0.05) is 6.42 Å². The van der Waals surface area contributed by atoms with Crippen molar-refractivity contribution in [2.75, 3.05) is 0 Å².